The Bertz CT molecular complexity index is 1070. The quantitative estimate of drug-likeness (QED) is 0.431. The highest BCUT2D eigenvalue weighted by Crippen LogP contribution is 2.36. The minimum atomic E-state index is -0.392. The third-order valence-electron chi connectivity index (χ3n) is 5.11. The minimum absolute atomic E-state index is 0.103. The monoisotopic (exact) mass is 430 g/mol. The lowest BCUT2D eigenvalue weighted by atomic mass is 9.98. The van der Waals surface area contributed by atoms with Crippen molar-refractivity contribution in [2.24, 2.45) is 5.92 Å². The maximum Gasteiger partial charge on any atom is 0.242 e. The van der Waals surface area contributed by atoms with E-state index in [1.165, 1.54) is 11.8 Å². The summed E-state index contributed by atoms with van der Waals surface area (Å²) in [5.74, 6) is -0.862. The first-order valence-electron chi connectivity index (χ1n) is 10.1. The lowest BCUT2D eigenvalue weighted by Gasteiger charge is -2.17. The molecule has 6 heteroatoms. The van der Waals surface area contributed by atoms with Crippen molar-refractivity contribution in [3.63, 3.8) is 0 Å². The van der Waals surface area contributed by atoms with E-state index in [1.807, 2.05) is 84.9 Å². The molecule has 1 heterocycles. The van der Waals surface area contributed by atoms with E-state index >= 15 is 0 Å². The van der Waals surface area contributed by atoms with Crippen molar-refractivity contribution >= 4 is 35.2 Å². The van der Waals surface area contributed by atoms with Gasteiger partial charge < -0.3 is 5.32 Å². The van der Waals surface area contributed by atoms with Gasteiger partial charge in [0.25, 0.3) is 0 Å². The van der Waals surface area contributed by atoms with Crippen LogP contribution in [0.25, 0.3) is 0 Å². The molecule has 0 aromatic heterocycles. The molecule has 2 unspecified atom stereocenters. The predicted octanol–water partition coefficient (Wildman–Crippen LogP) is 4.36. The molecule has 0 spiro atoms. The van der Waals surface area contributed by atoms with Crippen LogP contribution in [0.1, 0.15) is 22.8 Å². The minimum Gasteiger partial charge on any atom is -0.325 e. The topological polar surface area (TPSA) is 75.3 Å². The summed E-state index contributed by atoms with van der Waals surface area (Å²) in [6.45, 7) is 0. The molecule has 0 aliphatic carbocycles. The molecule has 0 saturated carbocycles. The highest BCUT2D eigenvalue weighted by molar-refractivity contribution is 8.00. The number of hydrogen-bond donors (Lipinski definition) is 2. The van der Waals surface area contributed by atoms with E-state index in [2.05, 4.69) is 10.6 Å². The molecule has 2 N–H and O–H groups in total. The molecule has 0 bridgehead atoms. The summed E-state index contributed by atoms with van der Waals surface area (Å²) >= 11 is 1.51. The molecule has 4 rings (SSSR count). The molecular weight excluding hydrogens is 408 g/mol. The normalized spacial score (nSPS) is 16.6. The fourth-order valence-electron chi connectivity index (χ4n) is 3.52. The van der Waals surface area contributed by atoms with Gasteiger partial charge in [0.2, 0.25) is 17.7 Å². The Morgan fingerprint density at radius 2 is 1.58 bits per heavy atom. The van der Waals surface area contributed by atoms with E-state index in [4.69, 9.17) is 0 Å². The average Bonchev–Trinajstić information content (AvgIpc) is 3.11. The van der Waals surface area contributed by atoms with Crippen LogP contribution in [0.3, 0.4) is 0 Å². The molecule has 1 aliphatic heterocycles. The van der Waals surface area contributed by atoms with Crippen molar-refractivity contribution in [3.8, 4) is 0 Å². The summed E-state index contributed by atoms with van der Waals surface area (Å²) in [5, 5.41) is 4.95. The zero-order valence-electron chi connectivity index (χ0n) is 16.8. The third-order valence-corrected chi connectivity index (χ3v) is 6.37. The van der Waals surface area contributed by atoms with Crippen LogP contribution >= 0.6 is 11.8 Å². The van der Waals surface area contributed by atoms with Crippen LogP contribution in [0.15, 0.2) is 89.8 Å². The Morgan fingerprint density at radius 1 is 0.935 bits per heavy atom. The number of anilines is 1. The Labute approximate surface area is 185 Å². The maximum absolute atomic E-state index is 13.1. The van der Waals surface area contributed by atoms with Crippen LogP contribution in [0.2, 0.25) is 0 Å². The Balaban J connectivity index is 1.45. The molecule has 31 heavy (non-hydrogen) atoms. The maximum atomic E-state index is 13.1. The van der Waals surface area contributed by atoms with Gasteiger partial charge in [-0.2, -0.15) is 0 Å². The highest BCUT2D eigenvalue weighted by atomic mass is 32.2. The molecule has 2 atom stereocenters. The second-order valence-corrected chi connectivity index (χ2v) is 8.60. The molecular formula is C25H22N2O3S. The molecule has 3 aromatic carbocycles. The van der Waals surface area contributed by atoms with E-state index in [0.717, 1.165) is 16.0 Å². The van der Waals surface area contributed by atoms with Crippen LogP contribution in [0, 0.1) is 5.92 Å². The van der Waals surface area contributed by atoms with E-state index in [9.17, 15) is 14.4 Å². The largest absolute Gasteiger partial charge is 0.325 e. The van der Waals surface area contributed by atoms with Crippen LogP contribution in [0.4, 0.5) is 5.69 Å². The van der Waals surface area contributed by atoms with Crippen molar-refractivity contribution < 1.29 is 14.4 Å². The van der Waals surface area contributed by atoms with Crippen molar-refractivity contribution in [2.45, 2.75) is 23.0 Å². The summed E-state index contributed by atoms with van der Waals surface area (Å²) < 4.78 is 0. The fraction of sp³-hybridized carbons (Fsp3) is 0.160. The number of carbonyl (C=O) groups is 3. The summed E-state index contributed by atoms with van der Waals surface area (Å²) in [4.78, 5) is 37.3. The van der Waals surface area contributed by atoms with Gasteiger partial charge in [0, 0.05) is 17.0 Å². The van der Waals surface area contributed by atoms with Crippen LogP contribution < -0.4 is 10.6 Å². The highest BCUT2D eigenvalue weighted by Gasteiger charge is 2.30. The standard InChI is InChI=1S/C25H22N2O3S/c28-22-16-19(24(29)27-22)15-17-11-13-20(14-12-17)26-25(30)23(18-7-3-1-4-8-18)31-21-9-5-2-6-10-21/h1-14,19,23H,15-16H2,(H,26,30)(H,27,28,29). The van der Waals surface area contributed by atoms with Crippen LogP contribution in [-0.4, -0.2) is 17.7 Å². The third kappa shape index (κ3) is 5.41. The number of amides is 3. The second kappa shape index (κ2) is 9.62. The van der Waals surface area contributed by atoms with Crippen molar-refractivity contribution in [1.29, 1.82) is 0 Å². The zero-order chi connectivity index (χ0) is 21.6. The number of thioether (sulfide) groups is 1. The lowest BCUT2D eigenvalue weighted by molar-refractivity contribution is -0.125. The zero-order valence-corrected chi connectivity index (χ0v) is 17.6. The van der Waals surface area contributed by atoms with E-state index < -0.39 is 5.25 Å². The first-order chi connectivity index (χ1) is 15.1. The molecule has 3 aromatic rings. The SMILES string of the molecule is O=C1CC(Cc2ccc(NC(=O)C(Sc3ccccc3)c3ccccc3)cc2)C(=O)N1. The van der Waals surface area contributed by atoms with E-state index in [0.29, 0.717) is 12.1 Å². The van der Waals surface area contributed by atoms with Gasteiger partial charge in [0.1, 0.15) is 5.25 Å². The Kier molecular flexibility index (Phi) is 6.48. The van der Waals surface area contributed by atoms with Gasteiger partial charge in [0.15, 0.2) is 0 Å². The van der Waals surface area contributed by atoms with Crippen molar-refractivity contribution in [1.82, 2.24) is 5.32 Å². The summed E-state index contributed by atoms with van der Waals surface area (Å²) in [6, 6.07) is 27.0. The molecule has 3 amide bonds. The Hall–Kier alpha value is -3.38. The number of rotatable bonds is 7. The summed E-state index contributed by atoms with van der Waals surface area (Å²) in [7, 11) is 0. The molecule has 1 fully saturated rings. The Morgan fingerprint density at radius 3 is 2.19 bits per heavy atom. The van der Waals surface area contributed by atoms with Gasteiger partial charge >= 0.3 is 0 Å². The average molecular weight is 431 g/mol. The van der Waals surface area contributed by atoms with Gasteiger partial charge in [-0.05, 0) is 41.8 Å². The van der Waals surface area contributed by atoms with Gasteiger partial charge in [0.05, 0.1) is 5.92 Å². The van der Waals surface area contributed by atoms with Gasteiger partial charge in [-0.1, -0.05) is 60.7 Å². The number of carbonyl (C=O) groups excluding carboxylic acids is 3. The van der Waals surface area contributed by atoms with Gasteiger partial charge in [-0.15, -0.1) is 11.8 Å². The smallest absolute Gasteiger partial charge is 0.242 e. The van der Waals surface area contributed by atoms with Crippen LogP contribution in [0.5, 0.6) is 0 Å². The van der Waals surface area contributed by atoms with Crippen molar-refractivity contribution in [2.75, 3.05) is 5.32 Å². The predicted molar refractivity (Wildman–Crippen MR) is 122 cm³/mol. The molecule has 5 nitrogen and oxygen atoms in total. The second-order valence-electron chi connectivity index (χ2n) is 7.43. The molecule has 1 aliphatic rings. The number of imide groups is 1. The fourth-order valence-corrected chi connectivity index (χ4v) is 4.57. The summed E-state index contributed by atoms with van der Waals surface area (Å²) in [6.07, 6.45) is 0.731. The lowest BCUT2D eigenvalue weighted by Crippen LogP contribution is -2.22. The van der Waals surface area contributed by atoms with Gasteiger partial charge in [-0.25, -0.2) is 0 Å². The molecule has 0 radical (unpaired) electrons. The van der Waals surface area contributed by atoms with Gasteiger partial charge in [-0.3, -0.25) is 19.7 Å². The molecule has 156 valence electrons. The number of benzene rings is 3. The first kappa shape index (κ1) is 20.9. The van der Waals surface area contributed by atoms with E-state index in [-0.39, 0.29) is 30.1 Å². The number of nitrogens with one attached hydrogen (secondary N) is 2. The summed E-state index contributed by atoms with van der Waals surface area (Å²) in [5.41, 5.74) is 2.57. The molecule has 1 saturated heterocycles. The van der Waals surface area contributed by atoms with Crippen molar-refractivity contribution in [3.05, 3.63) is 96.1 Å². The van der Waals surface area contributed by atoms with Crippen LogP contribution in [-0.2, 0) is 20.8 Å². The van der Waals surface area contributed by atoms with E-state index in [1.54, 1.807) is 0 Å². The first-order valence-corrected chi connectivity index (χ1v) is 11.0. The number of hydrogen-bond acceptors (Lipinski definition) is 4.